The van der Waals surface area contributed by atoms with Crippen molar-refractivity contribution >= 4 is 46.6 Å². The topological polar surface area (TPSA) is 84.9 Å². The van der Waals surface area contributed by atoms with E-state index in [0.29, 0.717) is 29.1 Å². The molecule has 0 aromatic carbocycles. The maximum atomic E-state index is 12.4. The maximum absolute atomic E-state index is 12.4. The third-order valence-electron chi connectivity index (χ3n) is 3.09. The van der Waals surface area contributed by atoms with Crippen LogP contribution in [-0.2, 0) is 4.74 Å². The monoisotopic (exact) mass is 371 g/mol. The number of nitrogens with one attached hydrogen (secondary N) is 1. The zero-order valence-corrected chi connectivity index (χ0v) is 15.7. The van der Waals surface area contributed by atoms with Gasteiger partial charge in [0.2, 0.25) is 0 Å². The van der Waals surface area contributed by atoms with Crippen LogP contribution in [0.4, 0.5) is 0 Å². The van der Waals surface area contributed by atoms with Gasteiger partial charge in [-0.2, -0.15) is 0 Å². The van der Waals surface area contributed by atoms with Gasteiger partial charge in [0, 0.05) is 5.69 Å². The predicted octanol–water partition coefficient (Wildman–Crippen LogP) is 3.36. The Morgan fingerprint density at radius 1 is 1.26 bits per heavy atom. The van der Waals surface area contributed by atoms with Crippen LogP contribution in [0.3, 0.4) is 0 Å². The number of aromatic nitrogens is 3. The molecule has 2 aromatic rings. The van der Waals surface area contributed by atoms with Crippen molar-refractivity contribution in [2.45, 2.75) is 29.5 Å². The summed E-state index contributed by atoms with van der Waals surface area (Å²) >= 11 is 4.33. The highest BCUT2D eigenvalue weighted by Gasteiger charge is 2.23. The number of ketones is 1. The van der Waals surface area contributed by atoms with Crippen LogP contribution in [0.15, 0.2) is 8.68 Å². The van der Waals surface area contributed by atoms with Crippen molar-refractivity contribution in [1.82, 2.24) is 15.2 Å². The number of aryl methyl sites for hydroxylation is 1. The molecule has 0 aliphatic carbocycles. The number of aromatic amines is 1. The molecule has 0 saturated heterocycles. The summed E-state index contributed by atoms with van der Waals surface area (Å²) in [6, 6.07) is 0. The first kappa shape index (κ1) is 18.0. The molecule has 124 valence electrons. The molecule has 1 N–H and O–H groups in total. The minimum Gasteiger partial charge on any atom is -0.462 e. The third kappa shape index (κ3) is 4.15. The quantitative estimate of drug-likeness (QED) is 0.454. The highest BCUT2D eigenvalue weighted by atomic mass is 32.2. The van der Waals surface area contributed by atoms with Crippen LogP contribution in [0.1, 0.15) is 39.0 Å². The third-order valence-corrected chi connectivity index (χ3v) is 6.12. The first-order valence-corrected chi connectivity index (χ1v) is 9.90. The lowest BCUT2D eigenvalue weighted by molar-refractivity contribution is 0.0525. The van der Waals surface area contributed by atoms with Crippen LogP contribution in [-0.4, -0.2) is 45.5 Å². The number of H-pyrrole nitrogens is 1. The normalized spacial score (nSPS) is 10.8. The van der Waals surface area contributed by atoms with E-state index in [1.807, 2.05) is 6.26 Å². The van der Waals surface area contributed by atoms with Crippen LogP contribution in [0.2, 0.25) is 0 Å². The van der Waals surface area contributed by atoms with Gasteiger partial charge >= 0.3 is 5.97 Å². The predicted molar refractivity (Wildman–Crippen MR) is 93.0 cm³/mol. The number of thioether (sulfide) groups is 2. The fourth-order valence-corrected chi connectivity index (χ4v) is 4.39. The first-order chi connectivity index (χ1) is 11.0. The average molecular weight is 372 g/mol. The highest BCUT2D eigenvalue weighted by molar-refractivity contribution is 8.03. The van der Waals surface area contributed by atoms with Crippen LogP contribution < -0.4 is 0 Å². The van der Waals surface area contributed by atoms with Crippen molar-refractivity contribution in [3.63, 3.8) is 0 Å². The zero-order chi connectivity index (χ0) is 17.0. The number of carbonyl (C=O) groups is 2. The Kier molecular flexibility index (Phi) is 6.25. The van der Waals surface area contributed by atoms with Crippen molar-refractivity contribution in [2.75, 3.05) is 18.6 Å². The molecule has 0 unspecified atom stereocenters. The Labute approximate surface area is 146 Å². The van der Waals surface area contributed by atoms with E-state index in [4.69, 9.17) is 4.74 Å². The van der Waals surface area contributed by atoms with Crippen LogP contribution in [0, 0.1) is 13.8 Å². The second-order valence-electron chi connectivity index (χ2n) is 4.60. The van der Waals surface area contributed by atoms with Gasteiger partial charge in [-0.3, -0.25) is 4.79 Å². The van der Waals surface area contributed by atoms with E-state index in [2.05, 4.69) is 15.2 Å². The molecule has 0 aliphatic rings. The average Bonchev–Trinajstić information content (AvgIpc) is 3.09. The van der Waals surface area contributed by atoms with E-state index in [9.17, 15) is 9.59 Å². The molecular formula is C14H17N3O3S3. The highest BCUT2D eigenvalue weighted by Crippen LogP contribution is 2.28. The Balaban J connectivity index is 2.10. The lowest BCUT2D eigenvalue weighted by atomic mass is 10.1. The number of nitrogens with zero attached hydrogens (tertiary/aromatic N) is 2. The summed E-state index contributed by atoms with van der Waals surface area (Å²) in [7, 11) is 0. The van der Waals surface area contributed by atoms with E-state index >= 15 is 0 Å². The summed E-state index contributed by atoms with van der Waals surface area (Å²) < 4.78 is 6.66. The molecule has 9 heteroatoms. The van der Waals surface area contributed by atoms with E-state index in [1.54, 1.807) is 20.8 Å². The Morgan fingerprint density at radius 3 is 2.57 bits per heavy atom. The SMILES string of the molecule is CCOC(=O)c1c(C)[nH]c(C(=O)CSc2nnc(SC)s2)c1C. The molecular weight excluding hydrogens is 354 g/mol. The lowest BCUT2D eigenvalue weighted by Gasteiger charge is -2.02. The summed E-state index contributed by atoms with van der Waals surface area (Å²) in [5.74, 6) is -0.238. The lowest BCUT2D eigenvalue weighted by Crippen LogP contribution is -2.08. The van der Waals surface area contributed by atoms with Gasteiger partial charge in [-0.15, -0.1) is 10.2 Å². The minimum absolute atomic E-state index is 0.0768. The molecule has 0 fully saturated rings. The Morgan fingerprint density at radius 2 is 1.96 bits per heavy atom. The second kappa shape index (κ2) is 7.98. The molecule has 2 heterocycles. The minimum atomic E-state index is -0.404. The van der Waals surface area contributed by atoms with E-state index in [0.717, 1.165) is 8.68 Å². The van der Waals surface area contributed by atoms with Crippen molar-refractivity contribution in [3.05, 3.63) is 22.5 Å². The standard InChI is InChI=1S/C14H17N3O3S3/c1-5-20-12(19)10-7(2)11(15-8(10)3)9(18)6-22-14-17-16-13(21-4)23-14/h15H,5-6H2,1-4H3. The molecule has 0 atom stereocenters. The molecule has 0 saturated carbocycles. The zero-order valence-electron chi connectivity index (χ0n) is 13.3. The van der Waals surface area contributed by atoms with Gasteiger partial charge < -0.3 is 9.72 Å². The molecule has 6 nitrogen and oxygen atoms in total. The van der Waals surface area contributed by atoms with E-state index < -0.39 is 5.97 Å². The van der Waals surface area contributed by atoms with Gasteiger partial charge in [0.05, 0.1) is 23.6 Å². The van der Waals surface area contributed by atoms with Crippen molar-refractivity contribution in [2.24, 2.45) is 0 Å². The second-order valence-corrected chi connectivity index (χ2v) is 7.85. The number of hydrogen-bond acceptors (Lipinski definition) is 8. The largest absolute Gasteiger partial charge is 0.462 e. The molecule has 0 spiro atoms. The van der Waals surface area contributed by atoms with Crippen LogP contribution in [0.25, 0.3) is 0 Å². The van der Waals surface area contributed by atoms with Gasteiger partial charge in [0.15, 0.2) is 14.5 Å². The number of esters is 1. The van der Waals surface area contributed by atoms with Crippen molar-refractivity contribution in [3.8, 4) is 0 Å². The molecule has 2 rings (SSSR count). The van der Waals surface area contributed by atoms with Crippen molar-refractivity contribution < 1.29 is 14.3 Å². The molecule has 0 radical (unpaired) electrons. The smallest absolute Gasteiger partial charge is 0.340 e. The van der Waals surface area contributed by atoms with Gasteiger partial charge in [0.1, 0.15) is 0 Å². The number of hydrogen-bond donors (Lipinski definition) is 1. The summed E-state index contributed by atoms with van der Waals surface area (Å²) in [6.07, 6.45) is 1.93. The Hall–Kier alpha value is -1.32. The number of carbonyl (C=O) groups excluding carboxylic acids is 2. The van der Waals surface area contributed by atoms with Crippen molar-refractivity contribution in [1.29, 1.82) is 0 Å². The Bertz CT molecular complexity index is 724. The maximum Gasteiger partial charge on any atom is 0.340 e. The van der Waals surface area contributed by atoms with Gasteiger partial charge in [-0.1, -0.05) is 34.9 Å². The van der Waals surface area contributed by atoms with E-state index in [1.165, 1.54) is 34.9 Å². The molecule has 23 heavy (non-hydrogen) atoms. The first-order valence-electron chi connectivity index (χ1n) is 6.87. The fraction of sp³-hybridized carbons (Fsp3) is 0.429. The summed E-state index contributed by atoms with van der Waals surface area (Å²) in [5, 5.41) is 8.02. The summed E-state index contributed by atoms with van der Waals surface area (Å²) in [5.41, 5.74) is 2.18. The number of ether oxygens (including phenoxy) is 1. The number of Topliss-reactive ketones (excluding diaryl/α,β-unsaturated/α-hetero) is 1. The van der Waals surface area contributed by atoms with E-state index in [-0.39, 0.29) is 11.5 Å². The summed E-state index contributed by atoms with van der Waals surface area (Å²) in [4.78, 5) is 27.4. The number of rotatable bonds is 7. The van der Waals surface area contributed by atoms with Crippen LogP contribution >= 0.6 is 34.9 Å². The fourth-order valence-electron chi connectivity index (χ4n) is 2.08. The van der Waals surface area contributed by atoms with Gasteiger partial charge in [-0.05, 0) is 32.6 Å². The molecule has 0 aliphatic heterocycles. The van der Waals surface area contributed by atoms with Crippen LogP contribution in [0.5, 0.6) is 0 Å². The van der Waals surface area contributed by atoms with Gasteiger partial charge in [-0.25, -0.2) is 4.79 Å². The summed E-state index contributed by atoms with van der Waals surface area (Å²) in [6.45, 7) is 5.57. The molecule has 0 bridgehead atoms. The molecule has 2 aromatic heterocycles. The molecule has 0 amide bonds. The van der Waals surface area contributed by atoms with Gasteiger partial charge in [0.25, 0.3) is 0 Å².